The highest BCUT2D eigenvalue weighted by molar-refractivity contribution is 7.99. The van der Waals surface area contributed by atoms with E-state index in [0.29, 0.717) is 16.9 Å². The number of hydrogen-bond acceptors (Lipinski definition) is 4. The number of anilines is 2. The lowest BCUT2D eigenvalue weighted by Gasteiger charge is -2.34. The van der Waals surface area contributed by atoms with Gasteiger partial charge < -0.3 is 15.7 Å². The molecule has 0 aliphatic carbocycles. The van der Waals surface area contributed by atoms with Crippen molar-refractivity contribution in [3.8, 4) is 5.75 Å². The summed E-state index contributed by atoms with van der Waals surface area (Å²) in [5, 5.41) is 16.3. The normalized spacial score (nSPS) is 15.2. The lowest BCUT2D eigenvalue weighted by Crippen LogP contribution is -2.33. The lowest BCUT2D eigenvalue weighted by molar-refractivity contribution is -0.117. The van der Waals surface area contributed by atoms with Gasteiger partial charge in [0.25, 0.3) is 0 Å². The highest BCUT2D eigenvalue weighted by atomic mass is 32.2. The minimum Gasteiger partial charge on any atom is -0.505 e. The lowest BCUT2D eigenvalue weighted by atomic mass is 9.77. The van der Waals surface area contributed by atoms with Crippen molar-refractivity contribution in [2.24, 2.45) is 0 Å². The van der Waals surface area contributed by atoms with Gasteiger partial charge in [-0.1, -0.05) is 43.8 Å². The molecule has 3 rings (SSSR count). The Morgan fingerprint density at radius 1 is 1.28 bits per heavy atom. The largest absolute Gasteiger partial charge is 0.505 e. The van der Waals surface area contributed by atoms with Crippen molar-refractivity contribution in [2.75, 3.05) is 10.6 Å². The van der Waals surface area contributed by atoms with Crippen LogP contribution in [0.5, 0.6) is 5.75 Å². The van der Waals surface area contributed by atoms with E-state index in [9.17, 15) is 14.7 Å². The van der Waals surface area contributed by atoms with Crippen LogP contribution in [0.1, 0.15) is 32.8 Å². The Bertz CT molecular complexity index is 847. The van der Waals surface area contributed by atoms with E-state index in [4.69, 9.17) is 0 Å². The van der Waals surface area contributed by atoms with Gasteiger partial charge in [0.1, 0.15) is 5.75 Å². The first-order valence-electron chi connectivity index (χ1n) is 7.99. The molecule has 2 aromatic carbocycles. The van der Waals surface area contributed by atoms with Crippen molar-refractivity contribution in [2.45, 2.75) is 42.4 Å². The fourth-order valence-corrected chi connectivity index (χ4v) is 4.06. The molecular weight excluding hydrogens is 336 g/mol. The Kier molecular flexibility index (Phi) is 4.47. The van der Waals surface area contributed by atoms with Crippen LogP contribution >= 0.6 is 11.8 Å². The molecule has 25 heavy (non-hydrogen) atoms. The van der Waals surface area contributed by atoms with Crippen molar-refractivity contribution >= 4 is 35.0 Å². The van der Waals surface area contributed by atoms with E-state index < -0.39 is 5.41 Å². The van der Waals surface area contributed by atoms with E-state index in [2.05, 4.69) is 10.6 Å². The van der Waals surface area contributed by atoms with Crippen LogP contribution in [-0.4, -0.2) is 16.9 Å². The molecule has 5 nitrogen and oxygen atoms in total. The van der Waals surface area contributed by atoms with E-state index in [0.717, 1.165) is 9.79 Å². The van der Waals surface area contributed by atoms with E-state index in [1.807, 2.05) is 44.2 Å². The van der Waals surface area contributed by atoms with Crippen LogP contribution in [0.3, 0.4) is 0 Å². The maximum Gasteiger partial charge on any atom is 0.225 e. The van der Waals surface area contributed by atoms with E-state index in [1.165, 1.54) is 18.7 Å². The first-order chi connectivity index (χ1) is 11.8. The second-order valence-electron chi connectivity index (χ2n) is 6.73. The minimum atomic E-state index is -0.539. The fourth-order valence-electron chi connectivity index (χ4n) is 3.09. The summed E-state index contributed by atoms with van der Waals surface area (Å²) in [7, 11) is 0. The Morgan fingerprint density at radius 2 is 1.96 bits per heavy atom. The second-order valence-corrected chi connectivity index (χ2v) is 7.84. The van der Waals surface area contributed by atoms with Gasteiger partial charge in [0, 0.05) is 34.1 Å². The van der Waals surface area contributed by atoms with Gasteiger partial charge >= 0.3 is 0 Å². The molecule has 2 aromatic rings. The number of fused-ring (bicyclic) bond motifs is 1. The standard InChI is InChI=1S/C19H20N2O3S/c1-11(22)20-13-9-14(25-12-7-5-4-6-8-12)17-16(18(13)24)19(2,3)10-15(23)21-17/h4-9,24H,10H2,1-3H3,(H,20,22)(H,21,23). The molecule has 0 bridgehead atoms. The number of amides is 2. The monoisotopic (exact) mass is 356 g/mol. The van der Waals surface area contributed by atoms with Gasteiger partial charge in [0.2, 0.25) is 11.8 Å². The molecule has 130 valence electrons. The number of benzene rings is 2. The summed E-state index contributed by atoms with van der Waals surface area (Å²) in [5.74, 6) is -0.338. The summed E-state index contributed by atoms with van der Waals surface area (Å²) in [5.41, 5.74) is 1.08. The molecule has 0 atom stereocenters. The Hall–Kier alpha value is -2.47. The average molecular weight is 356 g/mol. The third kappa shape index (κ3) is 3.49. The van der Waals surface area contributed by atoms with Gasteiger partial charge in [0.05, 0.1) is 11.4 Å². The molecular formula is C19H20N2O3S. The fraction of sp³-hybridized carbons (Fsp3) is 0.263. The average Bonchev–Trinajstić information content (AvgIpc) is 2.51. The zero-order chi connectivity index (χ0) is 18.2. The quantitative estimate of drug-likeness (QED) is 0.723. The zero-order valence-corrected chi connectivity index (χ0v) is 15.2. The van der Waals surface area contributed by atoms with Crippen molar-refractivity contribution < 1.29 is 14.7 Å². The number of hydrogen-bond donors (Lipinski definition) is 3. The van der Waals surface area contributed by atoms with Crippen molar-refractivity contribution in [1.82, 2.24) is 0 Å². The molecule has 1 aliphatic heterocycles. The van der Waals surface area contributed by atoms with E-state index in [-0.39, 0.29) is 24.0 Å². The van der Waals surface area contributed by atoms with Gasteiger partial charge in [-0.25, -0.2) is 0 Å². The number of carbonyl (C=O) groups excluding carboxylic acids is 2. The summed E-state index contributed by atoms with van der Waals surface area (Å²) < 4.78 is 0. The molecule has 3 N–H and O–H groups in total. The van der Waals surface area contributed by atoms with Gasteiger partial charge in [-0.3, -0.25) is 9.59 Å². The summed E-state index contributed by atoms with van der Waals surface area (Å²) in [6.45, 7) is 5.23. The molecule has 0 radical (unpaired) electrons. The van der Waals surface area contributed by atoms with Gasteiger partial charge in [-0.2, -0.15) is 0 Å². The molecule has 0 saturated carbocycles. The molecule has 1 aliphatic rings. The highest BCUT2D eigenvalue weighted by Gasteiger charge is 2.37. The van der Waals surface area contributed by atoms with Crippen LogP contribution in [0.15, 0.2) is 46.2 Å². The van der Waals surface area contributed by atoms with Gasteiger partial charge in [0.15, 0.2) is 0 Å². The number of aromatic hydroxyl groups is 1. The molecule has 1 heterocycles. The summed E-state index contributed by atoms with van der Waals surface area (Å²) >= 11 is 1.48. The van der Waals surface area contributed by atoms with Crippen LogP contribution in [0.2, 0.25) is 0 Å². The van der Waals surface area contributed by atoms with Crippen molar-refractivity contribution in [3.63, 3.8) is 0 Å². The predicted octanol–water partition coefficient (Wildman–Crippen LogP) is 4.12. The minimum absolute atomic E-state index is 0.00705. The smallest absolute Gasteiger partial charge is 0.225 e. The van der Waals surface area contributed by atoms with Crippen LogP contribution in [0, 0.1) is 0 Å². The molecule has 6 heteroatoms. The molecule has 0 unspecified atom stereocenters. The summed E-state index contributed by atoms with van der Waals surface area (Å²) in [4.78, 5) is 25.4. The van der Waals surface area contributed by atoms with Gasteiger partial charge in [-0.15, -0.1) is 0 Å². The molecule has 0 spiro atoms. The van der Waals surface area contributed by atoms with Crippen molar-refractivity contribution in [3.05, 3.63) is 42.0 Å². The van der Waals surface area contributed by atoms with E-state index in [1.54, 1.807) is 6.07 Å². The number of phenols is 1. The van der Waals surface area contributed by atoms with Crippen LogP contribution in [0.4, 0.5) is 11.4 Å². The first kappa shape index (κ1) is 17.4. The van der Waals surface area contributed by atoms with Crippen LogP contribution < -0.4 is 10.6 Å². The summed E-state index contributed by atoms with van der Waals surface area (Å²) in [6.07, 6.45) is 0.270. The molecule has 2 amide bonds. The first-order valence-corrected chi connectivity index (χ1v) is 8.80. The second kappa shape index (κ2) is 6.44. The Labute approximate surface area is 150 Å². The maximum atomic E-state index is 12.1. The maximum absolute atomic E-state index is 12.1. The van der Waals surface area contributed by atoms with Crippen LogP contribution in [0.25, 0.3) is 0 Å². The number of phenolic OH excluding ortho intramolecular Hbond substituents is 1. The summed E-state index contributed by atoms with van der Waals surface area (Å²) in [6, 6.07) is 11.5. The third-order valence-corrected chi connectivity index (χ3v) is 5.14. The Balaban J connectivity index is 2.19. The zero-order valence-electron chi connectivity index (χ0n) is 14.3. The molecule has 0 saturated heterocycles. The topological polar surface area (TPSA) is 78.4 Å². The number of rotatable bonds is 3. The van der Waals surface area contributed by atoms with E-state index >= 15 is 0 Å². The Morgan fingerprint density at radius 3 is 2.60 bits per heavy atom. The van der Waals surface area contributed by atoms with Crippen molar-refractivity contribution in [1.29, 1.82) is 0 Å². The van der Waals surface area contributed by atoms with Crippen LogP contribution in [-0.2, 0) is 15.0 Å². The predicted molar refractivity (Wildman–Crippen MR) is 99.2 cm³/mol. The van der Waals surface area contributed by atoms with Gasteiger partial charge in [-0.05, 0) is 18.2 Å². The highest BCUT2D eigenvalue weighted by Crippen LogP contribution is 2.51. The molecule has 0 fully saturated rings. The SMILES string of the molecule is CC(=O)Nc1cc(Sc2ccccc2)c2c(c1O)C(C)(C)CC(=O)N2. The number of nitrogens with one attached hydrogen (secondary N) is 2. The third-order valence-electron chi connectivity index (χ3n) is 4.09. The molecule has 0 aromatic heterocycles. The number of carbonyl (C=O) groups is 2.